The van der Waals surface area contributed by atoms with E-state index in [9.17, 15) is 4.39 Å². The van der Waals surface area contributed by atoms with Crippen molar-refractivity contribution in [2.45, 2.75) is 13.3 Å². The van der Waals surface area contributed by atoms with E-state index >= 15 is 0 Å². The van der Waals surface area contributed by atoms with E-state index < -0.39 is 5.82 Å². The van der Waals surface area contributed by atoms with Crippen molar-refractivity contribution < 1.29 is 13.9 Å². The zero-order valence-electron chi connectivity index (χ0n) is 12.3. The van der Waals surface area contributed by atoms with Crippen LogP contribution < -0.4 is 14.8 Å². The van der Waals surface area contributed by atoms with Crippen molar-refractivity contribution >= 4 is 5.95 Å². The lowest BCUT2D eigenvalue weighted by molar-refractivity contribution is 0.396. The highest BCUT2D eigenvalue weighted by atomic mass is 19.1. The summed E-state index contributed by atoms with van der Waals surface area (Å²) in [4.78, 5) is 8.17. The van der Waals surface area contributed by atoms with Crippen molar-refractivity contribution in [2.75, 3.05) is 26.1 Å². The first-order chi connectivity index (χ1) is 10.2. The number of anilines is 1. The fourth-order valence-corrected chi connectivity index (χ4v) is 1.95. The highest BCUT2D eigenvalue weighted by Gasteiger charge is 2.18. The molecule has 112 valence electrons. The second-order valence-electron chi connectivity index (χ2n) is 4.35. The van der Waals surface area contributed by atoms with Crippen molar-refractivity contribution in [2.24, 2.45) is 0 Å². The summed E-state index contributed by atoms with van der Waals surface area (Å²) < 4.78 is 24.7. The molecule has 0 saturated heterocycles. The highest BCUT2D eigenvalue weighted by molar-refractivity contribution is 5.75. The zero-order valence-corrected chi connectivity index (χ0v) is 12.3. The Hall–Kier alpha value is -2.37. The van der Waals surface area contributed by atoms with Crippen molar-refractivity contribution in [1.29, 1.82) is 0 Å². The third-order valence-electron chi connectivity index (χ3n) is 2.94. The highest BCUT2D eigenvalue weighted by Crippen LogP contribution is 2.38. The van der Waals surface area contributed by atoms with Gasteiger partial charge in [0, 0.05) is 6.54 Å². The maximum atomic E-state index is 14.1. The number of hydrogen-bond acceptors (Lipinski definition) is 5. The van der Waals surface area contributed by atoms with Crippen LogP contribution in [0.4, 0.5) is 10.3 Å². The maximum Gasteiger partial charge on any atom is 0.223 e. The molecule has 1 heterocycles. The Morgan fingerprint density at radius 1 is 1.19 bits per heavy atom. The number of ether oxygens (including phenoxy) is 2. The molecule has 1 aromatic heterocycles. The van der Waals surface area contributed by atoms with Crippen molar-refractivity contribution in [3.8, 4) is 22.8 Å². The van der Waals surface area contributed by atoms with Crippen LogP contribution in [0.25, 0.3) is 11.3 Å². The van der Waals surface area contributed by atoms with E-state index in [1.54, 1.807) is 18.2 Å². The number of rotatable bonds is 6. The lowest BCUT2D eigenvalue weighted by atomic mass is 10.1. The summed E-state index contributed by atoms with van der Waals surface area (Å²) in [6.45, 7) is 2.74. The molecule has 0 atom stereocenters. The van der Waals surface area contributed by atoms with E-state index in [0.29, 0.717) is 29.6 Å². The van der Waals surface area contributed by atoms with E-state index in [2.05, 4.69) is 15.3 Å². The molecule has 0 bridgehead atoms. The van der Waals surface area contributed by atoms with E-state index in [-0.39, 0.29) is 5.69 Å². The van der Waals surface area contributed by atoms with Crippen LogP contribution in [0.1, 0.15) is 13.3 Å². The number of benzene rings is 1. The number of nitrogens with one attached hydrogen (secondary N) is 1. The molecule has 2 rings (SSSR count). The second-order valence-corrected chi connectivity index (χ2v) is 4.35. The smallest absolute Gasteiger partial charge is 0.223 e. The minimum Gasteiger partial charge on any atom is -0.496 e. The minimum absolute atomic E-state index is 0.151. The Bertz CT molecular complexity index is 598. The molecule has 0 amide bonds. The predicted octanol–water partition coefficient (Wildman–Crippen LogP) is 3.12. The largest absolute Gasteiger partial charge is 0.496 e. The van der Waals surface area contributed by atoms with Gasteiger partial charge in [-0.3, -0.25) is 0 Å². The maximum absolute atomic E-state index is 14.1. The first kappa shape index (κ1) is 15.0. The Labute approximate surface area is 123 Å². The van der Waals surface area contributed by atoms with Crippen molar-refractivity contribution in [1.82, 2.24) is 9.97 Å². The topological polar surface area (TPSA) is 56.3 Å². The van der Waals surface area contributed by atoms with Gasteiger partial charge in [-0.15, -0.1) is 0 Å². The average molecular weight is 291 g/mol. The molecule has 0 fully saturated rings. The van der Waals surface area contributed by atoms with Gasteiger partial charge in [-0.2, -0.15) is 0 Å². The first-order valence-corrected chi connectivity index (χ1v) is 6.69. The lowest BCUT2D eigenvalue weighted by Crippen LogP contribution is -2.06. The zero-order chi connectivity index (χ0) is 15.2. The summed E-state index contributed by atoms with van der Waals surface area (Å²) in [7, 11) is 3.04. The molecule has 1 N–H and O–H groups in total. The molecule has 0 aliphatic heterocycles. The van der Waals surface area contributed by atoms with Crippen LogP contribution in [0.2, 0.25) is 0 Å². The van der Waals surface area contributed by atoms with Gasteiger partial charge in [0.05, 0.1) is 26.0 Å². The fourth-order valence-electron chi connectivity index (χ4n) is 1.95. The van der Waals surface area contributed by atoms with Crippen molar-refractivity contribution in [3.63, 3.8) is 0 Å². The summed E-state index contributed by atoms with van der Waals surface area (Å²) >= 11 is 0. The quantitative estimate of drug-likeness (QED) is 0.886. The van der Waals surface area contributed by atoms with Gasteiger partial charge in [-0.25, -0.2) is 14.4 Å². The van der Waals surface area contributed by atoms with Gasteiger partial charge in [-0.1, -0.05) is 13.0 Å². The lowest BCUT2D eigenvalue weighted by Gasteiger charge is -2.13. The third-order valence-corrected chi connectivity index (χ3v) is 2.94. The molecular weight excluding hydrogens is 273 g/mol. The Kier molecular flexibility index (Phi) is 4.92. The van der Waals surface area contributed by atoms with E-state index in [1.165, 1.54) is 14.2 Å². The molecule has 0 radical (unpaired) electrons. The third kappa shape index (κ3) is 3.21. The molecule has 1 aromatic carbocycles. The SMILES string of the molecule is CCCNc1ncc(F)c(-c2c(OC)cccc2OC)n1. The summed E-state index contributed by atoms with van der Waals surface area (Å²) in [6.07, 6.45) is 2.07. The van der Waals surface area contributed by atoms with Crippen LogP contribution in [0.5, 0.6) is 11.5 Å². The molecular formula is C15H18FN3O2. The van der Waals surface area contributed by atoms with Gasteiger partial charge < -0.3 is 14.8 Å². The number of halogens is 1. The molecule has 5 nitrogen and oxygen atoms in total. The van der Waals surface area contributed by atoms with Crippen LogP contribution in [-0.4, -0.2) is 30.7 Å². The van der Waals surface area contributed by atoms with Gasteiger partial charge in [0.2, 0.25) is 5.95 Å². The number of methoxy groups -OCH3 is 2. The van der Waals surface area contributed by atoms with Crippen LogP contribution >= 0.6 is 0 Å². The summed E-state index contributed by atoms with van der Waals surface area (Å²) in [6, 6.07) is 5.24. The van der Waals surface area contributed by atoms with E-state index in [1.807, 2.05) is 6.92 Å². The van der Waals surface area contributed by atoms with Gasteiger partial charge in [0.15, 0.2) is 5.82 Å². The number of nitrogens with zero attached hydrogens (tertiary/aromatic N) is 2. The average Bonchev–Trinajstić information content (AvgIpc) is 2.53. The molecule has 6 heteroatoms. The predicted molar refractivity (Wildman–Crippen MR) is 79.3 cm³/mol. The molecule has 0 unspecified atom stereocenters. The molecule has 21 heavy (non-hydrogen) atoms. The van der Waals surface area contributed by atoms with Gasteiger partial charge >= 0.3 is 0 Å². The summed E-state index contributed by atoms with van der Waals surface area (Å²) in [5.41, 5.74) is 0.625. The molecule has 0 spiro atoms. The minimum atomic E-state index is -0.528. The first-order valence-electron chi connectivity index (χ1n) is 6.69. The number of aromatic nitrogens is 2. The van der Waals surface area contributed by atoms with Crippen LogP contribution in [0, 0.1) is 5.82 Å². The molecule has 2 aromatic rings. The summed E-state index contributed by atoms with van der Waals surface area (Å²) in [5.74, 6) is 0.836. The monoisotopic (exact) mass is 291 g/mol. The normalized spacial score (nSPS) is 10.3. The fraction of sp³-hybridized carbons (Fsp3) is 0.333. The Morgan fingerprint density at radius 2 is 1.86 bits per heavy atom. The summed E-state index contributed by atoms with van der Waals surface area (Å²) in [5, 5.41) is 3.04. The van der Waals surface area contributed by atoms with Crippen LogP contribution in [-0.2, 0) is 0 Å². The van der Waals surface area contributed by atoms with Gasteiger partial charge in [0.25, 0.3) is 0 Å². The van der Waals surface area contributed by atoms with E-state index in [0.717, 1.165) is 12.6 Å². The van der Waals surface area contributed by atoms with Crippen LogP contribution in [0.15, 0.2) is 24.4 Å². The Balaban J connectivity index is 2.55. The van der Waals surface area contributed by atoms with E-state index in [4.69, 9.17) is 9.47 Å². The van der Waals surface area contributed by atoms with Crippen LogP contribution in [0.3, 0.4) is 0 Å². The molecule has 0 aliphatic rings. The van der Waals surface area contributed by atoms with Gasteiger partial charge in [-0.05, 0) is 18.6 Å². The van der Waals surface area contributed by atoms with Gasteiger partial charge in [0.1, 0.15) is 17.2 Å². The second kappa shape index (κ2) is 6.88. The van der Waals surface area contributed by atoms with Crippen molar-refractivity contribution in [3.05, 3.63) is 30.2 Å². The number of hydrogen-bond donors (Lipinski definition) is 1. The molecule has 0 saturated carbocycles. The molecule has 0 aliphatic carbocycles. The standard InChI is InChI=1S/C15H18FN3O2/c1-4-8-17-15-18-9-10(16)14(19-15)13-11(20-2)6-5-7-12(13)21-3/h5-7,9H,4,8H2,1-3H3,(H,17,18,19). The Morgan fingerprint density at radius 3 is 2.43 bits per heavy atom.